The molecule has 0 unspecified atom stereocenters. The number of amides is 2. The molecule has 0 aromatic heterocycles. The van der Waals surface area contributed by atoms with Crippen molar-refractivity contribution in [2.24, 2.45) is 5.92 Å². The number of alkyl carbamates (subject to hydrolysis) is 1. The summed E-state index contributed by atoms with van der Waals surface area (Å²) in [5.41, 5.74) is 1.61. The summed E-state index contributed by atoms with van der Waals surface area (Å²) in [5.74, 6) is -1.20. The summed E-state index contributed by atoms with van der Waals surface area (Å²) >= 11 is 0. The molecule has 33 heavy (non-hydrogen) atoms. The first kappa shape index (κ1) is 25.9. The average molecular weight is 457 g/mol. The molecule has 0 spiro atoms. The van der Waals surface area contributed by atoms with Crippen molar-refractivity contribution in [3.8, 4) is 0 Å². The molecular weight excluding hydrogens is 424 g/mol. The molecule has 8 heteroatoms. The second kappa shape index (κ2) is 13.2. The summed E-state index contributed by atoms with van der Waals surface area (Å²) in [7, 11) is 0. The Balaban J connectivity index is 1.96. The molecule has 2 amide bonds. The molecule has 3 atom stereocenters. The number of ether oxygens (including phenoxy) is 2. The van der Waals surface area contributed by atoms with Crippen molar-refractivity contribution < 1.29 is 29.0 Å². The highest BCUT2D eigenvalue weighted by Crippen LogP contribution is 2.10. The Morgan fingerprint density at radius 1 is 0.818 bits per heavy atom. The summed E-state index contributed by atoms with van der Waals surface area (Å²) in [6.07, 6.45) is -1.73. The predicted octanol–water partition coefficient (Wildman–Crippen LogP) is 2.94. The maximum Gasteiger partial charge on any atom is 0.408 e. The molecule has 0 radical (unpaired) electrons. The molecule has 0 heterocycles. The van der Waals surface area contributed by atoms with Crippen molar-refractivity contribution in [1.82, 2.24) is 10.6 Å². The van der Waals surface area contributed by atoms with Crippen LogP contribution in [0.5, 0.6) is 0 Å². The maximum atomic E-state index is 12.8. The van der Waals surface area contributed by atoms with Gasteiger partial charge in [-0.15, -0.1) is 0 Å². The number of aliphatic hydroxyl groups is 1. The van der Waals surface area contributed by atoms with Gasteiger partial charge in [0.05, 0.1) is 6.10 Å². The summed E-state index contributed by atoms with van der Waals surface area (Å²) in [6.45, 7) is 5.29. The van der Waals surface area contributed by atoms with E-state index in [1.165, 1.54) is 6.92 Å². The third kappa shape index (κ3) is 9.33. The standard InChI is InChI=1S/C25H32N2O6/c1-17(2)14-21(24(30)32-15-19-10-6-4-7-11-19)26-23(29)22(18(3)28)27-25(31)33-16-20-12-8-5-9-13-20/h4-13,17-18,21-22,28H,14-16H2,1-3H3,(H,26,29)(H,27,31)/t18-,21-,22+/m1/s1. The number of carbonyl (C=O) groups excluding carboxylic acids is 3. The highest BCUT2D eigenvalue weighted by atomic mass is 16.5. The van der Waals surface area contributed by atoms with Crippen molar-refractivity contribution in [1.29, 1.82) is 0 Å². The fourth-order valence-corrected chi connectivity index (χ4v) is 3.07. The second-order valence-corrected chi connectivity index (χ2v) is 8.21. The van der Waals surface area contributed by atoms with Crippen LogP contribution in [-0.4, -0.2) is 41.3 Å². The third-order valence-corrected chi connectivity index (χ3v) is 4.78. The van der Waals surface area contributed by atoms with Crippen LogP contribution in [0.1, 0.15) is 38.3 Å². The zero-order valence-electron chi connectivity index (χ0n) is 19.2. The van der Waals surface area contributed by atoms with E-state index in [1.807, 2.05) is 62.4 Å². The molecule has 0 saturated heterocycles. The number of rotatable bonds is 11. The Bertz CT molecular complexity index is 886. The fraction of sp³-hybridized carbons (Fsp3) is 0.400. The molecule has 0 saturated carbocycles. The van der Waals surface area contributed by atoms with E-state index in [1.54, 1.807) is 12.1 Å². The summed E-state index contributed by atoms with van der Waals surface area (Å²) in [4.78, 5) is 37.6. The van der Waals surface area contributed by atoms with Gasteiger partial charge in [-0.05, 0) is 30.4 Å². The van der Waals surface area contributed by atoms with Gasteiger partial charge < -0.3 is 25.2 Å². The number of hydrogen-bond donors (Lipinski definition) is 3. The molecule has 0 aliphatic rings. The van der Waals surface area contributed by atoms with Crippen molar-refractivity contribution in [3.63, 3.8) is 0 Å². The smallest absolute Gasteiger partial charge is 0.408 e. The summed E-state index contributed by atoms with van der Waals surface area (Å²) in [6, 6.07) is 16.0. The molecular formula is C25H32N2O6. The van der Waals surface area contributed by atoms with Crippen LogP contribution in [0.15, 0.2) is 60.7 Å². The number of benzene rings is 2. The summed E-state index contributed by atoms with van der Waals surface area (Å²) in [5, 5.41) is 15.0. The second-order valence-electron chi connectivity index (χ2n) is 8.21. The van der Waals surface area contributed by atoms with Crippen LogP contribution in [0.3, 0.4) is 0 Å². The molecule has 2 aromatic rings. The van der Waals surface area contributed by atoms with Crippen LogP contribution >= 0.6 is 0 Å². The van der Waals surface area contributed by atoms with E-state index in [0.29, 0.717) is 6.42 Å². The molecule has 3 N–H and O–H groups in total. The van der Waals surface area contributed by atoms with Crippen LogP contribution < -0.4 is 10.6 Å². The van der Waals surface area contributed by atoms with Crippen LogP contribution in [-0.2, 0) is 32.3 Å². The Morgan fingerprint density at radius 2 is 1.33 bits per heavy atom. The Hall–Kier alpha value is -3.39. The van der Waals surface area contributed by atoms with Gasteiger partial charge in [-0.2, -0.15) is 0 Å². The highest BCUT2D eigenvalue weighted by Gasteiger charge is 2.31. The molecule has 0 fully saturated rings. The van der Waals surface area contributed by atoms with Crippen LogP contribution in [0.4, 0.5) is 4.79 Å². The summed E-state index contributed by atoms with van der Waals surface area (Å²) < 4.78 is 10.5. The Morgan fingerprint density at radius 3 is 1.82 bits per heavy atom. The largest absolute Gasteiger partial charge is 0.459 e. The minimum atomic E-state index is -1.30. The number of hydrogen-bond acceptors (Lipinski definition) is 6. The molecule has 2 aromatic carbocycles. The molecule has 8 nitrogen and oxygen atoms in total. The van der Waals surface area contributed by atoms with E-state index < -0.39 is 36.2 Å². The van der Waals surface area contributed by atoms with Gasteiger partial charge in [0.15, 0.2) is 0 Å². The minimum absolute atomic E-state index is 0.0165. The normalized spacial score (nSPS) is 13.5. The lowest BCUT2D eigenvalue weighted by Gasteiger charge is -2.25. The lowest BCUT2D eigenvalue weighted by atomic mass is 10.0. The van der Waals surface area contributed by atoms with E-state index in [0.717, 1.165) is 11.1 Å². The van der Waals surface area contributed by atoms with Gasteiger partial charge in [-0.25, -0.2) is 9.59 Å². The fourth-order valence-electron chi connectivity index (χ4n) is 3.07. The number of nitrogens with one attached hydrogen (secondary N) is 2. The van der Waals surface area contributed by atoms with Crippen LogP contribution in [0.25, 0.3) is 0 Å². The van der Waals surface area contributed by atoms with E-state index >= 15 is 0 Å². The van der Waals surface area contributed by atoms with Crippen molar-refractivity contribution in [3.05, 3.63) is 71.8 Å². The molecule has 178 valence electrons. The topological polar surface area (TPSA) is 114 Å². The minimum Gasteiger partial charge on any atom is -0.459 e. The quantitative estimate of drug-likeness (QED) is 0.448. The lowest BCUT2D eigenvalue weighted by Crippen LogP contribution is -2.56. The van der Waals surface area contributed by atoms with Gasteiger partial charge in [0.25, 0.3) is 0 Å². The molecule has 0 aliphatic carbocycles. The van der Waals surface area contributed by atoms with Gasteiger partial charge in [-0.1, -0.05) is 74.5 Å². The van der Waals surface area contributed by atoms with Gasteiger partial charge in [0, 0.05) is 0 Å². The van der Waals surface area contributed by atoms with Gasteiger partial charge in [-0.3, -0.25) is 4.79 Å². The molecule has 2 rings (SSSR count). The zero-order valence-corrected chi connectivity index (χ0v) is 19.2. The van der Waals surface area contributed by atoms with E-state index in [2.05, 4.69) is 10.6 Å². The van der Waals surface area contributed by atoms with Crippen molar-refractivity contribution in [2.45, 2.75) is 58.6 Å². The van der Waals surface area contributed by atoms with Gasteiger partial charge in [0.1, 0.15) is 25.3 Å². The number of esters is 1. The van der Waals surface area contributed by atoms with Gasteiger partial charge in [0.2, 0.25) is 5.91 Å². The highest BCUT2D eigenvalue weighted by molar-refractivity contribution is 5.90. The van der Waals surface area contributed by atoms with Crippen LogP contribution in [0, 0.1) is 5.92 Å². The first-order chi connectivity index (χ1) is 15.8. The average Bonchev–Trinajstić information content (AvgIpc) is 2.80. The van der Waals surface area contributed by atoms with Crippen molar-refractivity contribution >= 4 is 18.0 Å². The zero-order chi connectivity index (χ0) is 24.2. The molecule has 0 bridgehead atoms. The maximum absolute atomic E-state index is 12.8. The Labute approximate surface area is 194 Å². The van der Waals surface area contributed by atoms with E-state index in [4.69, 9.17) is 9.47 Å². The first-order valence-electron chi connectivity index (χ1n) is 10.9. The third-order valence-electron chi connectivity index (χ3n) is 4.78. The number of carbonyl (C=O) groups is 3. The van der Waals surface area contributed by atoms with Gasteiger partial charge >= 0.3 is 12.1 Å². The van der Waals surface area contributed by atoms with E-state index in [-0.39, 0.29) is 19.1 Å². The van der Waals surface area contributed by atoms with Crippen LogP contribution in [0.2, 0.25) is 0 Å². The molecule has 0 aliphatic heterocycles. The number of aliphatic hydroxyl groups excluding tert-OH is 1. The lowest BCUT2D eigenvalue weighted by molar-refractivity contribution is -0.150. The SMILES string of the molecule is CC(C)C[C@@H](NC(=O)[C@@H](NC(=O)OCc1ccccc1)[C@@H](C)O)C(=O)OCc1ccccc1. The van der Waals surface area contributed by atoms with E-state index in [9.17, 15) is 19.5 Å². The predicted molar refractivity (Wildman–Crippen MR) is 123 cm³/mol. The van der Waals surface area contributed by atoms with Crippen molar-refractivity contribution in [2.75, 3.05) is 0 Å². The first-order valence-corrected chi connectivity index (χ1v) is 10.9. The Kier molecular flexibility index (Phi) is 10.4. The monoisotopic (exact) mass is 456 g/mol.